The van der Waals surface area contributed by atoms with E-state index >= 15 is 0 Å². The molecule has 31 heavy (non-hydrogen) atoms. The minimum absolute atomic E-state index is 0.460. The topological polar surface area (TPSA) is 39.9 Å². The van der Waals surface area contributed by atoms with E-state index < -0.39 is 11.7 Å². The Hall–Kier alpha value is -3.26. The first-order valence-corrected chi connectivity index (χ1v) is 10.4. The molecule has 0 aliphatic carbocycles. The molecule has 1 heterocycles. The van der Waals surface area contributed by atoms with Gasteiger partial charge in [0.1, 0.15) is 5.75 Å². The molecule has 0 radical (unpaired) electrons. The molecule has 0 N–H and O–H groups in total. The second-order valence-corrected chi connectivity index (χ2v) is 7.63. The molecular weight excluding hydrogens is 423 g/mol. The van der Waals surface area contributed by atoms with Crippen LogP contribution >= 0.6 is 11.8 Å². The maximum Gasteiger partial charge on any atom is 0.416 e. The molecule has 0 unspecified atom stereocenters. The molecule has 3 aromatic carbocycles. The van der Waals surface area contributed by atoms with Gasteiger partial charge in [-0.15, -0.1) is 10.2 Å². The van der Waals surface area contributed by atoms with Crippen molar-refractivity contribution in [1.82, 2.24) is 14.8 Å². The van der Waals surface area contributed by atoms with Crippen molar-refractivity contribution in [3.63, 3.8) is 0 Å². The summed E-state index contributed by atoms with van der Waals surface area (Å²) in [6.07, 6.45) is -4.34. The van der Waals surface area contributed by atoms with Crippen LogP contribution in [0.15, 0.2) is 84.0 Å². The molecule has 0 amide bonds. The quantitative estimate of drug-likeness (QED) is 0.332. The number of para-hydroxylation sites is 1. The average Bonchev–Trinajstić information content (AvgIpc) is 3.22. The Balaban J connectivity index is 1.66. The molecule has 1 aromatic heterocycles. The number of alkyl halides is 3. The first-order chi connectivity index (χ1) is 15.0. The summed E-state index contributed by atoms with van der Waals surface area (Å²) in [5.74, 6) is 1.82. The lowest BCUT2D eigenvalue weighted by atomic mass is 10.1. The van der Waals surface area contributed by atoms with Crippen LogP contribution in [-0.4, -0.2) is 21.9 Å². The van der Waals surface area contributed by atoms with Gasteiger partial charge in [0.25, 0.3) is 0 Å². The van der Waals surface area contributed by atoms with E-state index in [2.05, 4.69) is 10.2 Å². The van der Waals surface area contributed by atoms with Gasteiger partial charge >= 0.3 is 6.18 Å². The molecule has 0 spiro atoms. The van der Waals surface area contributed by atoms with E-state index in [4.69, 9.17) is 4.74 Å². The highest BCUT2D eigenvalue weighted by molar-refractivity contribution is 7.98. The summed E-state index contributed by atoms with van der Waals surface area (Å²) < 4.78 is 45.6. The van der Waals surface area contributed by atoms with Gasteiger partial charge in [-0.25, -0.2) is 0 Å². The van der Waals surface area contributed by atoms with Gasteiger partial charge in [0.05, 0.1) is 12.7 Å². The minimum Gasteiger partial charge on any atom is -0.497 e. The predicted octanol–water partition coefficient (Wildman–Crippen LogP) is 6.25. The summed E-state index contributed by atoms with van der Waals surface area (Å²) in [7, 11) is 1.60. The summed E-state index contributed by atoms with van der Waals surface area (Å²) in [5.41, 5.74) is 1.84. The molecular formula is C23H18F3N3OS. The zero-order valence-corrected chi connectivity index (χ0v) is 17.3. The average molecular weight is 441 g/mol. The maximum absolute atomic E-state index is 12.8. The lowest BCUT2D eigenvalue weighted by Gasteiger charge is -2.11. The summed E-state index contributed by atoms with van der Waals surface area (Å²) in [5, 5.41) is 9.38. The molecule has 0 atom stereocenters. The van der Waals surface area contributed by atoms with Crippen molar-refractivity contribution < 1.29 is 17.9 Å². The third kappa shape index (κ3) is 4.74. The fraction of sp³-hybridized carbons (Fsp3) is 0.130. The van der Waals surface area contributed by atoms with Crippen LogP contribution in [0.4, 0.5) is 13.2 Å². The van der Waals surface area contributed by atoms with Crippen LogP contribution in [0.3, 0.4) is 0 Å². The van der Waals surface area contributed by atoms with Gasteiger partial charge in [-0.05, 0) is 42.0 Å². The molecule has 0 aliphatic heterocycles. The SMILES string of the molecule is COc1cccc(-c2nnc(SCc3ccc(C(F)(F)F)cc3)n2-c2ccccc2)c1. The monoisotopic (exact) mass is 441 g/mol. The normalized spacial score (nSPS) is 11.5. The van der Waals surface area contributed by atoms with Crippen LogP contribution in [0.2, 0.25) is 0 Å². The van der Waals surface area contributed by atoms with Gasteiger partial charge in [-0.1, -0.05) is 54.2 Å². The van der Waals surface area contributed by atoms with E-state index in [0.717, 1.165) is 28.9 Å². The number of rotatable bonds is 6. The first-order valence-electron chi connectivity index (χ1n) is 9.40. The van der Waals surface area contributed by atoms with E-state index in [0.29, 0.717) is 22.5 Å². The molecule has 0 fully saturated rings. The number of nitrogens with zero attached hydrogens (tertiary/aromatic N) is 3. The standard InChI is InChI=1S/C23H18F3N3OS/c1-30-20-9-5-6-17(14-20)21-27-28-22(29(21)19-7-3-2-4-8-19)31-15-16-10-12-18(13-11-16)23(24,25)26/h2-14H,15H2,1H3. The van der Waals surface area contributed by atoms with Crippen LogP contribution in [0.1, 0.15) is 11.1 Å². The number of hydrogen-bond donors (Lipinski definition) is 0. The van der Waals surface area contributed by atoms with Crippen molar-refractivity contribution in [1.29, 1.82) is 0 Å². The first kappa shape index (κ1) is 21.0. The fourth-order valence-corrected chi connectivity index (χ4v) is 3.97. The third-order valence-electron chi connectivity index (χ3n) is 4.62. The van der Waals surface area contributed by atoms with Gasteiger partial charge < -0.3 is 4.74 Å². The van der Waals surface area contributed by atoms with Crippen molar-refractivity contribution in [2.45, 2.75) is 17.1 Å². The second kappa shape index (κ2) is 8.85. The van der Waals surface area contributed by atoms with Crippen LogP contribution in [0.5, 0.6) is 5.75 Å². The van der Waals surface area contributed by atoms with Gasteiger partial charge in [0, 0.05) is 17.0 Å². The molecule has 0 saturated heterocycles. The number of aromatic nitrogens is 3. The Morgan fingerprint density at radius 2 is 1.65 bits per heavy atom. The van der Waals surface area contributed by atoms with Crippen molar-refractivity contribution in [2.75, 3.05) is 7.11 Å². The van der Waals surface area contributed by atoms with Crippen LogP contribution in [0, 0.1) is 0 Å². The van der Waals surface area contributed by atoms with Crippen LogP contribution < -0.4 is 4.74 Å². The zero-order valence-electron chi connectivity index (χ0n) is 16.5. The lowest BCUT2D eigenvalue weighted by molar-refractivity contribution is -0.137. The number of thioether (sulfide) groups is 1. The lowest BCUT2D eigenvalue weighted by Crippen LogP contribution is -2.04. The van der Waals surface area contributed by atoms with Crippen molar-refractivity contribution >= 4 is 11.8 Å². The Kier molecular flexibility index (Phi) is 5.99. The molecule has 0 bridgehead atoms. The van der Waals surface area contributed by atoms with E-state index in [1.165, 1.54) is 23.9 Å². The molecule has 4 rings (SSSR count). The van der Waals surface area contributed by atoms with Gasteiger partial charge in [-0.2, -0.15) is 13.2 Å². The molecule has 4 aromatic rings. The summed E-state index contributed by atoms with van der Waals surface area (Å²) >= 11 is 1.41. The number of ether oxygens (including phenoxy) is 1. The summed E-state index contributed by atoms with van der Waals surface area (Å²) in [6, 6.07) is 22.4. The fourth-order valence-electron chi connectivity index (χ4n) is 3.06. The number of halogens is 3. The Bertz CT molecular complexity index is 1160. The highest BCUT2D eigenvalue weighted by Gasteiger charge is 2.30. The van der Waals surface area contributed by atoms with Crippen LogP contribution in [-0.2, 0) is 11.9 Å². The van der Waals surface area contributed by atoms with E-state index in [9.17, 15) is 13.2 Å². The highest BCUT2D eigenvalue weighted by atomic mass is 32.2. The Morgan fingerprint density at radius 1 is 0.903 bits per heavy atom. The third-order valence-corrected chi connectivity index (χ3v) is 5.62. The molecule has 0 saturated carbocycles. The molecule has 8 heteroatoms. The second-order valence-electron chi connectivity index (χ2n) is 6.69. The number of methoxy groups -OCH3 is 1. The largest absolute Gasteiger partial charge is 0.497 e. The van der Waals surface area contributed by atoms with Crippen LogP contribution in [0.25, 0.3) is 17.1 Å². The molecule has 158 valence electrons. The van der Waals surface area contributed by atoms with Crippen molar-refractivity contribution in [3.8, 4) is 22.8 Å². The number of benzene rings is 3. The predicted molar refractivity (Wildman–Crippen MR) is 114 cm³/mol. The minimum atomic E-state index is -4.34. The number of hydrogen-bond acceptors (Lipinski definition) is 4. The van der Waals surface area contributed by atoms with E-state index in [1.54, 1.807) is 7.11 Å². The summed E-state index contributed by atoms with van der Waals surface area (Å²) in [6.45, 7) is 0. The van der Waals surface area contributed by atoms with Gasteiger partial charge in [-0.3, -0.25) is 4.57 Å². The van der Waals surface area contributed by atoms with Crippen molar-refractivity contribution in [2.24, 2.45) is 0 Å². The summed E-state index contributed by atoms with van der Waals surface area (Å²) in [4.78, 5) is 0. The molecule has 0 aliphatic rings. The highest BCUT2D eigenvalue weighted by Crippen LogP contribution is 2.32. The Morgan fingerprint density at radius 3 is 2.32 bits per heavy atom. The van der Waals surface area contributed by atoms with Gasteiger partial charge in [0.2, 0.25) is 0 Å². The molecule has 4 nitrogen and oxygen atoms in total. The van der Waals surface area contributed by atoms with Gasteiger partial charge in [0.15, 0.2) is 11.0 Å². The van der Waals surface area contributed by atoms with Crippen molar-refractivity contribution in [3.05, 3.63) is 90.0 Å². The maximum atomic E-state index is 12.8. The van der Waals surface area contributed by atoms with E-state index in [1.807, 2.05) is 59.2 Å². The Labute approximate surface area is 181 Å². The van der Waals surface area contributed by atoms with E-state index in [-0.39, 0.29) is 0 Å². The zero-order chi connectivity index (χ0) is 21.8. The smallest absolute Gasteiger partial charge is 0.416 e.